The Morgan fingerprint density at radius 2 is 2.22 bits per heavy atom. The smallest absolute Gasteiger partial charge is 0.0596 e. The summed E-state index contributed by atoms with van der Waals surface area (Å²) in [5.41, 5.74) is 7.78. The molecular formula is C13H20N4S. The summed E-state index contributed by atoms with van der Waals surface area (Å²) in [5.74, 6) is 5.70. The van der Waals surface area contributed by atoms with Crippen LogP contribution >= 0.6 is 11.3 Å². The van der Waals surface area contributed by atoms with Gasteiger partial charge >= 0.3 is 0 Å². The zero-order chi connectivity index (χ0) is 13.1. The second-order valence-corrected chi connectivity index (χ2v) is 5.27. The number of hydrazine groups is 1. The number of aryl methyl sites for hydroxylation is 3. The molecule has 98 valence electrons. The lowest BCUT2D eigenvalue weighted by Crippen LogP contribution is -2.30. The first-order valence-corrected chi connectivity index (χ1v) is 7.12. The topological polar surface area (TPSA) is 55.9 Å². The number of rotatable bonds is 5. The van der Waals surface area contributed by atoms with Crippen LogP contribution in [0, 0.1) is 13.8 Å². The van der Waals surface area contributed by atoms with Crippen LogP contribution in [-0.4, -0.2) is 9.78 Å². The van der Waals surface area contributed by atoms with Gasteiger partial charge in [-0.3, -0.25) is 16.0 Å². The predicted octanol–water partition coefficient (Wildman–Crippen LogP) is 2.33. The highest BCUT2D eigenvalue weighted by Crippen LogP contribution is 2.24. The Morgan fingerprint density at radius 1 is 1.44 bits per heavy atom. The van der Waals surface area contributed by atoms with Crippen molar-refractivity contribution in [2.75, 3.05) is 0 Å². The standard InChI is InChI=1S/C13H20N4S/c1-4-17-11(5-10(3)16-17)6-13(15-14)12-8-18-7-9(12)2/h5,7-8,13,15H,4,6,14H2,1-3H3. The first kappa shape index (κ1) is 13.3. The summed E-state index contributed by atoms with van der Waals surface area (Å²) in [5, 5.41) is 8.79. The second kappa shape index (κ2) is 5.65. The van der Waals surface area contributed by atoms with Gasteiger partial charge in [0.25, 0.3) is 0 Å². The summed E-state index contributed by atoms with van der Waals surface area (Å²) >= 11 is 1.72. The molecule has 2 heterocycles. The van der Waals surface area contributed by atoms with Crippen LogP contribution in [0.3, 0.4) is 0 Å². The second-order valence-electron chi connectivity index (χ2n) is 4.53. The van der Waals surface area contributed by atoms with Gasteiger partial charge < -0.3 is 0 Å². The van der Waals surface area contributed by atoms with E-state index < -0.39 is 0 Å². The van der Waals surface area contributed by atoms with Crippen LogP contribution < -0.4 is 11.3 Å². The molecule has 0 aliphatic carbocycles. The van der Waals surface area contributed by atoms with E-state index in [1.807, 2.05) is 11.6 Å². The number of hydrogen-bond donors (Lipinski definition) is 2. The Kier molecular flexibility index (Phi) is 4.16. The average Bonchev–Trinajstić information content (AvgIpc) is 2.92. The maximum Gasteiger partial charge on any atom is 0.0596 e. The molecule has 2 rings (SSSR count). The summed E-state index contributed by atoms with van der Waals surface area (Å²) in [6, 6.07) is 2.29. The fourth-order valence-corrected chi connectivity index (χ4v) is 3.14. The van der Waals surface area contributed by atoms with Gasteiger partial charge in [-0.2, -0.15) is 16.4 Å². The molecule has 0 aliphatic heterocycles. The highest BCUT2D eigenvalue weighted by atomic mass is 32.1. The third kappa shape index (κ3) is 2.63. The molecule has 0 saturated heterocycles. The van der Waals surface area contributed by atoms with Gasteiger partial charge in [-0.15, -0.1) is 0 Å². The molecule has 18 heavy (non-hydrogen) atoms. The summed E-state index contributed by atoms with van der Waals surface area (Å²) in [6.07, 6.45) is 0.864. The lowest BCUT2D eigenvalue weighted by Gasteiger charge is -2.16. The van der Waals surface area contributed by atoms with Crippen molar-refractivity contribution in [3.63, 3.8) is 0 Å². The summed E-state index contributed by atoms with van der Waals surface area (Å²) in [7, 11) is 0. The van der Waals surface area contributed by atoms with Gasteiger partial charge in [0.15, 0.2) is 0 Å². The predicted molar refractivity (Wildman–Crippen MR) is 75.5 cm³/mol. The van der Waals surface area contributed by atoms with Gasteiger partial charge in [-0.1, -0.05) is 0 Å². The van der Waals surface area contributed by atoms with Crippen molar-refractivity contribution in [3.05, 3.63) is 39.3 Å². The summed E-state index contributed by atoms with van der Waals surface area (Å²) in [4.78, 5) is 0. The van der Waals surface area contributed by atoms with Gasteiger partial charge in [-0.25, -0.2) is 0 Å². The monoisotopic (exact) mass is 264 g/mol. The Labute approximate surface area is 112 Å². The van der Waals surface area contributed by atoms with E-state index in [0.29, 0.717) is 0 Å². The van der Waals surface area contributed by atoms with E-state index >= 15 is 0 Å². The lowest BCUT2D eigenvalue weighted by atomic mass is 10.0. The number of aromatic nitrogens is 2. The van der Waals surface area contributed by atoms with Crippen LogP contribution in [0.4, 0.5) is 0 Å². The van der Waals surface area contributed by atoms with Gasteiger partial charge in [0.1, 0.15) is 0 Å². The van der Waals surface area contributed by atoms with Gasteiger partial charge in [-0.05, 0) is 48.7 Å². The van der Waals surface area contributed by atoms with E-state index in [0.717, 1.165) is 18.7 Å². The molecule has 0 radical (unpaired) electrons. The number of hydrogen-bond acceptors (Lipinski definition) is 4. The first-order valence-electron chi connectivity index (χ1n) is 6.17. The van der Waals surface area contributed by atoms with E-state index in [1.165, 1.54) is 16.8 Å². The fraction of sp³-hybridized carbons (Fsp3) is 0.462. The molecule has 0 bridgehead atoms. The SMILES string of the molecule is CCn1nc(C)cc1CC(NN)c1cscc1C. The molecule has 3 N–H and O–H groups in total. The third-order valence-corrected chi connectivity index (χ3v) is 4.05. The minimum absolute atomic E-state index is 0.151. The van der Waals surface area contributed by atoms with E-state index in [-0.39, 0.29) is 6.04 Å². The molecule has 0 aromatic carbocycles. The first-order chi connectivity index (χ1) is 8.65. The fourth-order valence-electron chi connectivity index (χ4n) is 2.23. The van der Waals surface area contributed by atoms with Gasteiger partial charge in [0.2, 0.25) is 0 Å². The largest absolute Gasteiger partial charge is 0.271 e. The molecule has 2 aromatic rings. The average molecular weight is 264 g/mol. The molecule has 0 spiro atoms. The van der Waals surface area contributed by atoms with Crippen molar-refractivity contribution < 1.29 is 0 Å². The maximum atomic E-state index is 5.70. The maximum absolute atomic E-state index is 5.70. The molecule has 1 unspecified atom stereocenters. The highest BCUT2D eigenvalue weighted by molar-refractivity contribution is 7.08. The van der Waals surface area contributed by atoms with Crippen molar-refractivity contribution in [3.8, 4) is 0 Å². The Morgan fingerprint density at radius 3 is 2.78 bits per heavy atom. The molecular weight excluding hydrogens is 244 g/mol. The zero-order valence-electron chi connectivity index (χ0n) is 11.1. The number of nitrogens with one attached hydrogen (secondary N) is 1. The number of nitrogens with zero attached hydrogens (tertiary/aromatic N) is 2. The van der Waals surface area contributed by atoms with E-state index in [4.69, 9.17) is 5.84 Å². The molecule has 0 saturated carbocycles. The Balaban J connectivity index is 2.23. The molecule has 0 fully saturated rings. The molecule has 5 heteroatoms. The summed E-state index contributed by atoms with van der Waals surface area (Å²) in [6.45, 7) is 7.15. The van der Waals surface area contributed by atoms with Crippen LogP contribution in [0.5, 0.6) is 0 Å². The van der Waals surface area contributed by atoms with Crippen molar-refractivity contribution in [1.29, 1.82) is 0 Å². The number of nitrogens with two attached hydrogens (primary N) is 1. The zero-order valence-corrected chi connectivity index (χ0v) is 11.9. The Hall–Kier alpha value is -1.17. The van der Waals surface area contributed by atoms with Gasteiger partial charge in [0.05, 0.1) is 11.7 Å². The normalized spacial score (nSPS) is 12.9. The van der Waals surface area contributed by atoms with Crippen molar-refractivity contribution in [1.82, 2.24) is 15.2 Å². The molecule has 0 amide bonds. The van der Waals surface area contributed by atoms with Crippen molar-refractivity contribution >= 4 is 11.3 Å². The van der Waals surface area contributed by atoms with Crippen LogP contribution in [-0.2, 0) is 13.0 Å². The lowest BCUT2D eigenvalue weighted by molar-refractivity contribution is 0.516. The van der Waals surface area contributed by atoms with Gasteiger partial charge in [0, 0.05) is 18.7 Å². The van der Waals surface area contributed by atoms with Crippen molar-refractivity contribution in [2.24, 2.45) is 5.84 Å². The third-order valence-electron chi connectivity index (χ3n) is 3.17. The minimum atomic E-state index is 0.151. The van der Waals surface area contributed by atoms with E-state index in [1.54, 1.807) is 11.3 Å². The van der Waals surface area contributed by atoms with Crippen LogP contribution in [0.1, 0.15) is 35.5 Å². The molecule has 4 nitrogen and oxygen atoms in total. The molecule has 2 aromatic heterocycles. The summed E-state index contributed by atoms with van der Waals surface area (Å²) < 4.78 is 2.04. The van der Waals surface area contributed by atoms with Crippen LogP contribution in [0.2, 0.25) is 0 Å². The van der Waals surface area contributed by atoms with E-state index in [9.17, 15) is 0 Å². The number of thiophene rings is 1. The Bertz CT molecular complexity index is 515. The van der Waals surface area contributed by atoms with Crippen LogP contribution in [0.15, 0.2) is 16.8 Å². The van der Waals surface area contributed by atoms with Crippen molar-refractivity contribution in [2.45, 2.75) is 39.8 Å². The molecule has 1 atom stereocenters. The van der Waals surface area contributed by atoms with Crippen LogP contribution in [0.25, 0.3) is 0 Å². The molecule has 0 aliphatic rings. The van der Waals surface area contributed by atoms with E-state index in [2.05, 4.69) is 41.2 Å². The highest BCUT2D eigenvalue weighted by Gasteiger charge is 2.16. The minimum Gasteiger partial charge on any atom is -0.271 e. The quantitative estimate of drug-likeness (QED) is 0.644.